The molecule has 3 aromatic heterocycles. The van der Waals surface area contributed by atoms with Gasteiger partial charge in [-0.25, -0.2) is 19.3 Å². The summed E-state index contributed by atoms with van der Waals surface area (Å²) < 4.78 is 15.4. The minimum Gasteiger partial charge on any atom is -0.290 e. The lowest BCUT2D eigenvalue weighted by molar-refractivity contribution is 0.102. The van der Waals surface area contributed by atoms with Crippen molar-refractivity contribution in [3.8, 4) is 0 Å². The zero-order chi connectivity index (χ0) is 19.5. The van der Waals surface area contributed by atoms with Crippen molar-refractivity contribution >= 4 is 22.9 Å². The van der Waals surface area contributed by atoms with Crippen molar-refractivity contribution < 1.29 is 9.18 Å². The number of nitrogens with one attached hydrogen (secondary N) is 1. The van der Waals surface area contributed by atoms with Gasteiger partial charge in [-0.3, -0.25) is 19.5 Å². The molecule has 0 spiro atoms. The third-order valence-corrected chi connectivity index (χ3v) is 4.17. The molecule has 3 heterocycles. The van der Waals surface area contributed by atoms with Gasteiger partial charge in [0.15, 0.2) is 0 Å². The van der Waals surface area contributed by atoms with E-state index < -0.39 is 17.3 Å². The molecule has 0 aliphatic rings. The van der Waals surface area contributed by atoms with Crippen LogP contribution < -0.4 is 10.9 Å². The van der Waals surface area contributed by atoms with Crippen LogP contribution in [0.4, 0.5) is 10.3 Å². The standard InChI is InChI=1S/C20H14FN5O2/c21-16-7-2-1-5-14(16)12-26-17-13(6-3-8-22-17)11-15(19(26)28)18(27)25-20-23-9-4-10-24-20/h1-11H,12H2,(H,23,24,25,27). The Morgan fingerprint density at radius 1 is 1.00 bits per heavy atom. The van der Waals surface area contributed by atoms with Crippen molar-refractivity contribution in [1.29, 1.82) is 0 Å². The van der Waals surface area contributed by atoms with Gasteiger partial charge in [0.2, 0.25) is 5.95 Å². The first-order valence-corrected chi connectivity index (χ1v) is 8.44. The van der Waals surface area contributed by atoms with E-state index in [4.69, 9.17) is 0 Å². The van der Waals surface area contributed by atoms with Crippen LogP contribution in [0.25, 0.3) is 11.0 Å². The minimum atomic E-state index is -0.649. The smallest absolute Gasteiger partial charge is 0.265 e. The Morgan fingerprint density at radius 2 is 1.75 bits per heavy atom. The number of aromatic nitrogens is 4. The molecule has 0 aliphatic carbocycles. The maximum Gasteiger partial charge on any atom is 0.265 e. The molecule has 0 fully saturated rings. The minimum absolute atomic E-state index is 0.0536. The molecule has 0 saturated heterocycles. The quantitative estimate of drug-likeness (QED) is 0.592. The number of carbonyl (C=O) groups excluding carboxylic acids is 1. The summed E-state index contributed by atoms with van der Waals surface area (Å²) in [6, 6.07) is 12.7. The highest BCUT2D eigenvalue weighted by Crippen LogP contribution is 2.15. The van der Waals surface area contributed by atoms with E-state index in [2.05, 4.69) is 20.3 Å². The van der Waals surface area contributed by atoms with Gasteiger partial charge in [0.05, 0.1) is 6.54 Å². The lowest BCUT2D eigenvalue weighted by Gasteiger charge is -2.12. The van der Waals surface area contributed by atoms with Crippen LogP contribution in [0.15, 0.2) is 71.9 Å². The summed E-state index contributed by atoms with van der Waals surface area (Å²) in [6.07, 6.45) is 4.49. The molecule has 28 heavy (non-hydrogen) atoms. The number of halogens is 1. The Labute approximate surface area is 158 Å². The van der Waals surface area contributed by atoms with Gasteiger partial charge in [-0.2, -0.15) is 0 Å². The molecule has 1 N–H and O–H groups in total. The van der Waals surface area contributed by atoms with E-state index >= 15 is 0 Å². The van der Waals surface area contributed by atoms with E-state index in [9.17, 15) is 14.0 Å². The molecule has 0 saturated carbocycles. The zero-order valence-corrected chi connectivity index (χ0v) is 14.5. The Hall–Kier alpha value is -3.94. The summed E-state index contributed by atoms with van der Waals surface area (Å²) in [4.78, 5) is 37.8. The maximum absolute atomic E-state index is 14.1. The molecule has 138 valence electrons. The zero-order valence-electron chi connectivity index (χ0n) is 14.5. The van der Waals surface area contributed by atoms with Gasteiger partial charge in [0, 0.05) is 29.5 Å². The summed E-state index contributed by atoms with van der Waals surface area (Å²) in [5.41, 5.74) is -0.00375. The van der Waals surface area contributed by atoms with Crippen LogP contribution in [0, 0.1) is 5.82 Å². The molecular weight excluding hydrogens is 361 g/mol. The van der Waals surface area contributed by atoms with Crippen LogP contribution in [0.2, 0.25) is 0 Å². The van der Waals surface area contributed by atoms with Crippen molar-refractivity contribution in [2.45, 2.75) is 6.54 Å². The molecule has 0 radical (unpaired) electrons. The predicted molar refractivity (Wildman–Crippen MR) is 101 cm³/mol. The number of fused-ring (bicyclic) bond motifs is 1. The van der Waals surface area contributed by atoms with E-state index in [0.29, 0.717) is 16.6 Å². The van der Waals surface area contributed by atoms with Crippen LogP contribution in [0.1, 0.15) is 15.9 Å². The topological polar surface area (TPSA) is 89.8 Å². The van der Waals surface area contributed by atoms with Crippen molar-refractivity contribution in [3.05, 3.63) is 94.4 Å². The van der Waals surface area contributed by atoms with E-state index in [1.807, 2.05) is 0 Å². The van der Waals surface area contributed by atoms with E-state index in [1.54, 1.807) is 36.4 Å². The monoisotopic (exact) mass is 375 g/mol. The molecule has 1 amide bonds. The molecule has 4 rings (SSSR count). The lowest BCUT2D eigenvalue weighted by Crippen LogP contribution is -2.30. The number of hydrogen-bond acceptors (Lipinski definition) is 5. The summed E-state index contributed by atoms with van der Waals surface area (Å²) in [6.45, 7) is -0.0536. The number of nitrogens with zero attached hydrogens (tertiary/aromatic N) is 4. The Balaban J connectivity index is 1.82. The molecule has 0 bridgehead atoms. The van der Waals surface area contributed by atoms with Gasteiger partial charge in [-0.1, -0.05) is 18.2 Å². The van der Waals surface area contributed by atoms with E-state index in [0.717, 1.165) is 0 Å². The van der Waals surface area contributed by atoms with E-state index in [-0.39, 0.29) is 18.1 Å². The second kappa shape index (κ2) is 7.36. The first-order valence-electron chi connectivity index (χ1n) is 8.44. The molecule has 0 atom stereocenters. The van der Waals surface area contributed by atoms with Gasteiger partial charge >= 0.3 is 0 Å². The van der Waals surface area contributed by atoms with Gasteiger partial charge < -0.3 is 0 Å². The highest BCUT2D eigenvalue weighted by molar-refractivity contribution is 6.04. The number of benzene rings is 1. The van der Waals surface area contributed by atoms with Crippen molar-refractivity contribution in [2.75, 3.05) is 5.32 Å². The lowest BCUT2D eigenvalue weighted by atomic mass is 10.1. The van der Waals surface area contributed by atoms with Crippen molar-refractivity contribution in [2.24, 2.45) is 0 Å². The van der Waals surface area contributed by atoms with Crippen LogP contribution >= 0.6 is 0 Å². The molecule has 1 aromatic carbocycles. The van der Waals surface area contributed by atoms with E-state index in [1.165, 1.54) is 35.3 Å². The van der Waals surface area contributed by atoms with Crippen LogP contribution in [-0.2, 0) is 6.54 Å². The van der Waals surface area contributed by atoms with Crippen LogP contribution in [-0.4, -0.2) is 25.4 Å². The highest BCUT2D eigenvalue weighted by Gasteiger charge is 2.18. The largest absolute Gasteiger partial charge is 0.290 e. The molecule has 4 aromatic rings. The summed E-state index contributed by atoms with van der Waals surface area (Å²) >= 11 is 0. The van der Waals surface area contributed by atoms with Crippen LogP contribution in [0.3, 0.4) is 0 Å². The third kappa shape index (κ3) is 3.35. The Kier molecular flexibility index (Phi) is 4.59. The normalized spacial score (nSPS) is 10.8. The van der Waals surface area contributed by atoms with Gasteiger partial charge in [0.1, 0.15) is 17.0 Å². The van der Waals surface area contributed by atoms with Gasteiger partial charge in [-0.05, 0) is 30.3 Å². The van der Waals surface area contributed by atoms with Crippen molar-refractivity contribution in [3.63, 3.8) is 0 Å². The fraction of sp³-hybridized carbons (Fsp3) is 0.0500. The number of anilines is 1. The SMILES string of the molecule is O=C(Nc1ncccn1)c1cc2cccnc2n(Cc2ccccc2F)c1=O. The molecular formula is C20H14FN5O2. The number of amides is 1. The van der Waals surface area contributed by atoms with Crippen LogP contribution in [0.5, 0.6) is 0 Å². The first-order chi connectivity index (χ1) is 13.6. The Bertz CT molecular complexity index is 1220. The average Bonchev–Trinajstić information content (AvgIpc) is 2.72. The molecule has 0 unspecified atom stereocenters. The van der Waals surface area contributed by atoms with Gasteiger partial charge in [-0.15, -0.1) is 0 Å². The van der Waals surface area contributed by atoms with Crippen molar-refractivity contribution in [1.82, 2.24) is 19.5 Å². The first kappa shape index (κ1) is 17.5. The number of carbonyl (C=O) groups is 1. The summed E-state index contributed by atoms with van der Waals surface area (Å²) in [5.74, 6) is -1.01. The molecule has 8 heteroatoms. The number of pyridine rings is 2. The molecule has 0 aliphatic heterocycles. The summed E-state index contributed by atoms with van der Waals surface area (Å²) in [7, 11) is 0. The fourth-order valence-corrected chi connectivity index (χ4v) is 2.85. The predicted octanol–water partition coefficient (Wildman–Crippen LogP) is 2.63. The number of hydrogen-bond donors (Lipinski definition) is 1. The molecule has 7 nitrogen and oxygen atoms in total. The van der Waals surface area contributed by atoms with Gasteiger partial charge in [0.25, 0.3) is 11.5 Å². The second-order valence-electron chi connectivity index (χ2n) is 5.98. The average molecular weight is 375 g/mol. The summed E-state index contributed by atoms with van der Waals surface area (Å²) in [5, 5.41) is 3.08. The Morgan fingerprint density at radius 3 is 2.54 bits per heavy atom. The second-order valence-corrected chi connectivity index (χ2v) is 5.98. The fourth-order valence-electron chi connectivity index (χ4n) is 2.85. The number of rotatable bonds is 4. The third-order valence-electron chi connectivity index (χ3n) is 4.17. The highest BCUT2D eigenvalue weighted by atomic mass is 19.1. The maximum atomic E-state index is 14.1.